The van der Waals surface area contributed by atoms with E-state index >= 15 is 0 Å². The van der Waals surface area contributed by atoms with E-state index in [2.05, 4.69) is 10.3 Å². The second-order valence-electron chi connectivity index (χ2n) is 10.2. The highest BCUT2D eigenvalue weighted by Gasteiger charge is 2.56. The van der Waals surface area contributed by atoms with Crippen molar-refractivity contribution in [1.82, 2.24) is 4.98 Å². The molecule has 0 saturated carbocycles. The third kappa shape index (κ3) is 5.97. The summed E-state index contributed by atoms with van der Waals surface area (Å²) in [5, 5.41) is 2.61. The van der Waals surface area contributed by atoms with Gasteiger partial charge in [-0.2, -0.15) is 13.2 Å². The lowest BCUT2D eigenvalue weighted by atomic mass is 9.83. The van der Waals surface area contributed by atoms with E-state index in [4.69, 9.17) is 32.7 Å². The minimum Gasteiger partial charge on any atom is -0.493 e. The third-order valence-electron chi connectivity index (χ3n) is 7.36. The van der Waals surface area contributed by atoms with Gasteiger partial charge in [-0.15, -0.1) is 0 Å². The van der Waals surface area contributed by atoms with Gasteiger partial charge in [-0.05, 0) is 54.1 Å². The van der Waals surface area contributed by atoms with Crippen LogP contribution in [0.2, 0.25) is 10.0 Å². The molecule has 4 aromatic rings. The zero-order valence-corrected chi connectivity index (χ0v) is 26.5. The van der Waals surface area contributed by atoms with E-state index in [1.165, 1.54) is 31.4 Å². The number of hydrogen-bond acceptors (Lipinski definition) is 8. The molecular formula is C30H20Cl2F3N3O6S2. The van der Waals surface area contributed by atoms with Gasteiger partial charge in [-0.25, -0.2) is 4.90 Å². The fourth-order valence-corrected chi connectivity index (χ4v) is 8.18. The summed E-state index contributed by atoms with van der Waals surface area (Å²) in [7, 11) is 1.38. The molecule has 3 aromatic carbocycles. The monoisotopic (exact) mass is 709 g/mol. The zero-order valence-electron chi connectivity index (χ0n) is 23.3. The Hall–Kier alpha value is -3.98. The smallest absolute Gasteiger partial charge is 0.416 e. The number of nitrogens with zero attached hydrogens (tertiary/aromatic N) is 1. The molecule has 2 N–H and O–H groups in total. The lowest BCUT2D eigenvalue weighted by Gasteiger charge is -2.30. The van der Waals surface area contributed by atoms with Crippen molar-refractivity contribution < 1.29 is 37.0 Å². The van der Waals surface area contributed by atoms with Crippen LogP contribution < -0.4 is 24.6 Å². The summed E-state index contributed by atoms with van der Waals surface area (Å²) in [5.41, 5.74) is -0.301. The van der Waals surface area contributed by atoms with Crippen molar-refractivity contribution in [2.45, 2.75) is 22.4 Å². The average Bonchev–Trinajstić information content (AvgIpc) is 3.51. The Labute approximate surface area is 276 Å². The average molecular weight is 711 g/mol. The van der Waals surface area contributed by atoms with Crippen LogP contribution in [0.15, 0.2) is 70.5 Å². The molecular weight excluding hydrogens is 690 g/mol. The lowest BCUT2D eigenvalue weighted by Crippen LogP contribution is -2.32. The van der Waals surface area contributed by atoms with Gasteiger partial charge in [0.1, 0.15) is 5.25 Å². The number of ether oxygens (including phenoxy) is 2. The van der Waals surface area contributed by atoms with E-state index < -0.39 is 58.0 Å². The van der Waals surface area contributed by atoms with Crippen molar-refractivity contribution in [2.24, 2.45) is 5.92 Å². The number of thiazole rings is 1. The fourth-order valence-electron chi connectivity index (χ4n) is 5.36. The maximum absolute atomic E-state index is 13.9. The number of imide groups is 1. The number of rotatable bonds is 7. The molecule has 16 heteroatoms. The Balaban J connectivity index is 1.30. The van der Waals surface area contributed by atoms with Crippen LogP contribution in [-0.4, -0.2) is 41.7 Å². The number of alkyl halides is 3. The van der Waals surface area contributed by atoms with E-state index in [0.717, 1.165) is 46.2 Å². The number of benzene rings is 3. The summed E-state index contributed by atoms with van der Waals surface area (Å²) >= 11 is 13.8. The van der Waals surface area contributed by atoms with Gasteiger partial charge in [-0.1, -0.05) is 58.4 Å². The van der Waals surface area contributed by atoms with Crippen LogP contribution in [0.5, 0.6) is 11.5 Å². The molecule has 46 heavy (non-hydrogen) atoms. The largest absolute Gasteiger partial charge is 0.493 e. The van der Waals surface area contributed by atoms with Gasteiger partial charge in [0, 0.05) is 16.5 Å². The Bertz CT molecular complexity index is 1950. The Kier molecular flexibility index (Phi) is 8.57. The minimum atomic E-state index is -4.68. The molecule has 1 saturated heterocycles. The molecule has 2 aliphatic rings. The van der Waals surface area contributed by atoms with Crippen LogP contribution in [0.25, 0.3) is 0 Å². The maximum Gasteiger partial charge on any atom is 0.416 e. The summed E-state index contributed by atoms with van der Waals surface area (Å²) in [6.07, 6.45) is -4.68. The first-order chi connectivity index (χ1) is 21.8. The van der Waals surface area contributed by atoms with Gasteiger partial charge in [0.25, 0.3) is 5.91 Å². The SMILES string of the molecule is COc1cc([C@H]2c3sc(=O)[nH]c3SC3C(=O)N(c4cccc(C(F)(F)F)c4)C(=O)C32)ccc1OCC(=O)Nc1ccc(Cl)c(Cl)c1. The van der Waals surface area contributed by atoms with E-state index in [0.29, 0.717) is 26.2 Å². The fraction of sp³-hybridized carbons (Fsp3) is 0.200. The molecule has 1 aromatic heterocycles. The van der Waals surface area contributed by atoms with Crippen LogP contribution in [0.1, 0.15) is 21.9 Å². The number of hydrogen-bond donors (Lipinski definition) is 2. The standard InChI is InChI=1S/C30H20Cl2F3N3O6S2/c1-43-20-9-13(5-8-19(20)44-12-21(39)36-15-6-7-17(31)18(32)11-15)22-23-25(45-26-24(22)46-29(42)37-26)28(41)38(27(23)40)16-4-2-3-14(10-16)30(33,34)35/h2-11,22-23,25H,12H2,1H3,(H,36,39)(H,37,42)/t22-,23?,25?/m1/s1. The predicted octanol–water partition coefficient (Wildman–Crippen LogP) is 6.58. The summed E-state index contributed by atoms with van der Waals surface area (Å²) in [6, 6.07) is 13.3. The van der Waals surface area contributed by atoms with Crippen molar-refractivity contribution in [3.63, 3.8) is 0 Å². The van der Waals surface area contributed by atoms with E-state index in [1.54, 1.807) is 18.2 Å². The molecule has 6 rings (SSSR count). The van der Waals surface area contributed by atoms with E-state index in [1.807, 2.05) is 0 Å². The molecule has 0 bridgehead atoms. The molecule has 3 amide bonds. The molecule has 9 nitrogen and oxygen atoms in total. The second-order valence-corrected chi connectivity index (χ2v) is 13.2. The van der Waals surface area contributed by atoms with Gasteiger partial charge in [-0.3, -0.25) is 19.2 Å². The van der Waals surface area contributed by atoms with Crippen LogP contribution >= 0.6 is 46.3 Å². The topological polar surface area (TPSA) is 118 Å². The Morgan fingerprint density at radius 2 is 1.78 bits per heavy atom. The molecule has 1 fully saturated rings. The quantitative estimate of drug-likeness (QED) is 0.208. The summed E-state index contributed by atoms with van der Waals surface area (Å²) in [6.45, 7) is -0.400. The number of fused-ring (bicyclic) bond motifs is 2. The first-order valence-corrected chi connectivity index (χ1v) is 15.8. The van der Waals surface area contributed by atoms with Gasteiger partial charge in [0.2, 0.25) is 11.8 Å². The first-order valence-electron chi connectivity index (χ1n) is 13.4. The first kappa shape index (κ1) is 32.0. The highest BCUT2D eigenvalue weighted by Crippen LogP contribution is 2.54. The van der Waals surface area contributed by atoms with Crippen molar-refractivity contribution in [3.05, 3.63) is 96.4 Å². The number of H-pyrrole nitrogens is 1. The third-order valence-corrected chi connectivity index (χ3v) is 10.5. The maximum atomic E-state index is 13.9. The highest BCUT2D eigenvalue weighted by molar-refractivity contribution is 8.00. The Morgan fingerprint density at radius 1 is 1.00 bits per heavy atom. The molecule has 238 valence electrons. The van der Waals surface area contributed by atoms with Gasteiger partial charge in [0.15, 0.2) is 18.1 Å². The normalized spacial score (nSPS) is 19.1. The lowest BCUT2D eigenvalue weighted by molar-refractivity contribution is -0.137. The number of aromatic amines is 1. The Morgan fingerprint density at radius 3 is 2.50 bits per heavy atom. The van der Waals surface area contributed by atoms with Gasteiger partial charge in [0.05, 0.1) is 39.3 Å². The molecule has 3 atom stereocenters. The highest BCUT2D eigenvalue weighted by atomic mass is 35.5. The summed E-state index contributed by atoms with van der Waals surface area (Å²) in [5.74, 6) is -3.36. The van der Waals surface area contributed by atoms with E-state index in [-0.39, 0.29) is 22.2 Å². The number of aromatic nitrogens is 1. The van der Waals surface area contributed by atoms with Gasteiger partial charge < -0.3 is 19.8 Å². The molecule has 3 heterocycles. The second kappa shape index (κ2) is 12.3. The van der Waals surface area contributed by atoms with Crippen molar-refractivity contribution >= 4 is 75.4 Å². The number of halogens is 5. The van der Waals surface area contributed by atoms with Crippen LogP contribution in [-0.2, 0) is 20.6 Å². The predicted molar refractivity (Wildman–Crippen MR) is 167 cm³/mol. The van der Waals surface area contributed by atoms with E-state index in [9.17, 15) is 32.3 Å². The molecule has 2 unspecified atom stereocenters. The number of thioether (sulfide) groups is 1. The zero-order chi connectivity index (χ0) is 32.9. The number of amides is 3. The van der Waals surface area contributed by atoms with Crippen LogP contribution in [0.4, 0.5) is 24.5 Å². The van der Waals surface area contributed by atoms with Crippen molar-refractivity contribution in [2.75, 3.05) is 23.9 Å². The van der Waals surface area contributed by atoms with Crippen LogP contribution in [0, 0.1) is 5.92 Å². The van der Waals surface area contributed by atoms with Crippen molar-refractivity contribution in [1.29, 1.82) is 0 Å². The minimum absolute atomic E-state index is 0.194. The molecule has 2 aliphatic heterocycles. The van der Waals surface area contributed by atoms with Crippen LogP contribution in [0.3, 0.4) is 0 Å². The number of nitrogens with one attached hydrogen (secondary N) is 2. The number of anilines is 2. The summed E-state index contributed by atoms with van der Waals surface area (Å²) < 4.78 is 51.6. The van der Waals surface area contributed by atoms with Crippen molar-refractivity contribution in [3.8, 4) is 11.5 Å². The number of carbonyl (C=O) groups excluding carboxylic acids is 3. The number of methoxy groups -OCH3 is 1. The van der Waals surface area contributed by atoms with Gasteiger partial charge >= 0.3 is 11.0 Å². The molecule has 0 radical (unpaired) electrons. The number of carbonyl (C=O) groups is 3. The molecule has 0 spiro atoms. The molecule has 0 aliphatic carbocycles. The summed E-state index contributed by atoms with van der Waals surface area (Å²) in [4.78, 5) is 56.0.